The molecule has 11 atom stereocenters. The lowest BCUT2D eigenvalue weighted by molar-refractivity contribution is -0.169. The summed E-state index contributed by atoms with van der Waals surface area (Å²) in [7, 11) is 5.26. The number of aromatic amines is 2. The molecule has 4 aliphatic heterocycles. The summed E-state index contributed by atoms with van der Waals surface area (Å²) in [6, 6.07) is 15.7. The van der Waals surface area contributed by atoms with Crippen molar-refractivity contribution >= 4 is 39.5 Å². The highest BCUT2D eigenvalue weighted by Gasteiger charge is 2.65. The van der Waals surface area contributed by atoms with E-state index in [1.165, 1.54) is 40.3 Å². The molecule has 286 valence electrons. The number of nitrogens with one attached hydrogen (secondary N) is 2. The van der Waals surface area contributed by atoms with Gasteiger partial charge in [-0.05, 0) is 98.6 Å². The molecule has 2 aromatic heterocycles. The number of rotatable bonds is 7. The summed E-state index contributed by atoms with van der Waals surface area (Å²) in [4.78, 5) is 53.5. The van der Waals surface area contributed by atoms with E-state index >= 15 is 0 Å². The molecule has 0 radical (unpaired) electrons. The molecule has 4 aromatic rings. The number of nitrogens with zero attached hydrogens (tertiary/aromatic N) is 2. The fourth-order valence-corrected chi connectivity index (χ4v) is 12.9. The number of hydrogen-bond donors (Lipinski definition) is 2. The van der Waals surface area contributed by atoms with Gasteiger partial charge in [-0.1, -0.05) is 57.0 Å². The first-order valence-electron chi connectivity index (χ1n) is 20.5. The summed E-state index contributed by atoms with van der Waals surface area (Å²) >= 11 is 0. The van der Waals surface area contributed by atoms with Crippen LogP contribution in [0.1, 0.15) is 93.3 Å². The molecule has 6 aliphatic rings. The van der Waals surface area contributed by atoms with E-state index < -0.39 is 5.41 Å². The Balaban J connectivity index is 1.20. The molecule has 10 rings (SSSR count). The molecule has 6 heterocycles. The average Bonchev–Trinajstić information content (AvgIpc) is 3.69. The lowest BCUT2D eigenvalue weighted by Gasteiger charge is -2.61. The predicted octanol–water partition coefficient (Wildman–Crippen LogP) is 6.91. The van der Waals surface area contributed by atoms with Crippen molar-refractivity contribution in [2.75, 3.05) is 34.4 Å². The van der Waals surface area contributed by atoms with E-state index in [4.69, 9.17) is 9.47 Å². The van der Waals surface area contributed by atoms with Crippen molar-refractivity contribution < 1.29 is 23.9 Å². The van der Waals surface area contributed by atoms with Crippen LogP contribution in [0, 0.1) is 29.6 Å². The third kappa shape index (κ3) is 5.13. The molecule has 1 saturated carbocycles. The van der Waals surface area contributed by atoms with E-state index in [9.17, 15) is 14.4 Å². The maximum absolute atomic E-state index is 14.4. The number of ether oxygens (including phenoxy) is 2. The molecule has 2 N–H and O–H groups in total. The smallest absolute Gasteiger partial charge is 0.319 e. The van der Waals surface area contributed by atoms with Gasteiger partial charge in [0.25, 0.3) is 0 Å². The first-order chi connectivity index (χ1) is 26.1. The third-order valence-corrected chi connectivity index (χ3v) is 15.1. The number of carbonyl (C=O) groups is 3. The number of likely N-dealkylation sites (tertiary alicyclic amines) is 1. The van der Waals surface area contributed by atoms with Crippen LogP contribution in [-0.4, -0.2) is 90.0 Å². The summed E-state index contributed by atoms with van der Waals surface area (Å²) in [6.07, 6.45) is 6.71. The maximum atomic E-state index is 14.4. The SMILES string of the molecule is CC[C@@H]1CN(C)[C@@H]2Cc3c([nH]c4ccccc34)[C@H](c3ccc4c5c([nH]c4c3)[C@]3(C(=O)OC)C[C@H]4C[C@H](CC)[C@@H]3N(CC5)[C@H]4CC(C)=O)C[C@H]1[C@H]2C(=O)OC. The zero-order valence-corrected chi connectivity index (χ0v) is 32.7. The summed E-state index contributed by atoms with van der Waals surface area (Å²) < 4.78 is 11.3. The van der Waals surface area contributed by atoms with E-state index in [-0.39, 0.29) is 59.5 Å². The molecule has 0 amide bonds. The van der Waals surface area contributed by atoms with Crippen molar-refractivity contribution in [2.45, 2.75) is 102 Å². The van der Waals surface area contributed by atoms with Crippen molar-refractivity contribution in [2.24, 2.45) is 29.6 Å². The van der Waals surface area contributed by atoms with E-state index in [2.05, 4.69) is 83.1 Å². The number of ketones is 1. The minimum atomic E-state index is -0.813. The second kappa shape index (κ2) is 13.4. The van der Waals surface area contributed by atoms with Gasteiger partial charge in [0.05, 0.1) is 20.1 Å². The Morgan fingerprint density at radius 1 is 0.926 bits per heavy atom. The second-order valence-corrected chi connectivity index (χ2v) is 17.5. The molecule has 3 saturated heterocycles. The van der Waals surface area contributed by atoms with E-state index in [0.717, 1.165) is 68.3 Å². The van der Waals surface area contributed by atoms with Gasteiger partial charge in [0, 0.05) is 76.7 Å². The van der Waals surface area contributed by atoms with E-state index in [1.54, 1.807) is 14.0 Å². The Morgan fingerprint density at radius 3 is 2.44 bits per heavy atom. The number of piperidine rings is 3. The minimum Gasteiger partial charge on any atom is -0.469 e. The van der Waals surface area contributed by atoms with Crippen LogP contribution < -0.4 is 0 Å². The highest BCUT2D eigenvalue weighted by molar-refractivity contribution is 5.92. The van der Waals surface area contributed by atoms with Crippen LogP contribution >= 0.6 is 0 Å². The summed E-state index contributed by atoms with van der Waals surface area (Å²) in [5, 5.41) is 2.39. The Kier molecular flexibility index (Phi) is 8.84. The third-order valence-electron chi connectivity index (χ3n) is 15.1. The lowest BCUT2D eigenvalue weighted by atomic mass is 9.54. The maximum Gasteiger partial charge on any atom is 0.319 e. The Labute approximate surface area is 318 Å². The number of methoxy groups -OCH3 is 2. The number of carbonyl (C=O) groups excluding carboxylic acids is 3. The standard InChI is InChI=1S/C45H56N4O5/c1-7-25-18-28-22-45(44(52)54-6)41-31(15-16-49(42(25)45)37(28)17-24(3)50)30-14-13-27(19-36(30)47-41)33-20-32-26(8-2)23-48(4)38(39(32)43(51)53-5)21-34-29-11-9-10-12-35(29)46-40(33)34/h9-14,19,25-26,28,32-33,37-39,42,46-47H,7-8,15-18,20-23H2,1-6H3/t25-,26+,28+,32+,33-,37-,38+,39+,42-,45+/m0/s1. The molecule has 0 spiro atoms. The molecule has 1 unspecified atom stereocenters. The number of likely N-dealkylation sites (N-methyl/N-ethyl adjacent to an activating group) is 1. The van der Waals surface area contributed by atoms with Gasteiger partial charge in [-0.15, -0.1) is 0 Å². The largest absolute Gasteiger partial charge is 0.469 e. The number of Topliss-reactive ketones (excluding diaryl/α,β-unsaturated/α-hetero) is 1. The van der Waals surface area contributed by atoms with Crippen molar-refractivity contribution in [1.29, 1.82) is 0 Å². The van der Waals surface area contributed by atoms with Gasteiger partial charge in [-0.2, -0.15) is 0 Å². The molecule has 9 nitrogen and oxygen atoms in total. The first kappa shape index (κ1) is 35.7. The van der Waals surface area contributed by atoms with Crippen LogP contribution in [-0.2, 0) is 42.1 Å². The first-order valence-corrected chi connectivity index (χ1v) is 20.5. The van der Waals surface area contributed by atoms with Gasteiger partial charge in [0.1, 0.15) is 11.2 Å². The lowest BCUT2D eigenvalue weighted by Crippen LogP contribution is -2.70. The van der Waals surface area contributed by atoms with Crippen molar-refractivity contribution in [1.82, 2.24) is 19.8 Å². The Hall–Kier alpha value is -3.95. The Morgan fingerprint density at radius 2 is 1.70 bits per heavy atom. The van der Waals surface area contributed by atoms with Crippen LogP contribution in [0.2, 0.25) is 0 Å². The second-order valence-electron chi connectivity index (χ2n) is 17.5. The quantitative estimate of drug-likeness (QED) is 0.199. The minimum absolute atomic E-state index is 0.0174. The van der Waals surface area contributed by atoms with Crippen LogP contribution in [0.5, 0.6) is 0 Å². The van der Waals surface area contributed by atoms with Crippen LogP contribution in [0.3, 0.4) is 0 Å². The number of para-hydroxylation sites is 1. The Bertz CT molecular complexity index is 2130. The number of benzene rings is 2. The predicted molar refractivity (Wildman–Crippen MR) is 209 cm³/mol. The molecular formula is C45H56N4O5. The molecule has 2 aromatic carbocycles. The van der Waals surface area contributed by atoms with Crippen molar-refractivity contribution in [3.8, 4) is 0 Å². The summed E-state index contributed by atoms with van der Waals surface area (Å²) in [6.45, 7) is 8.00. The number of fused-ring (bicyclic) bond motifs is 9. The van der Waals surface area contributed by atoms with Crippen molar-refractivity contribution in [3.63, 3.8) is 0 Å². The highest BCUT2D eigenvalue weighted by atomic mass is 16.5. The number of aromatic nitrogens is 2. The van der Waals surface area contributed by atoms with Crippen molar-refractivity contribution in [3.05, 3.63) is 70.5 Å². The zero-order chi connectivity index (χ0) is 37.6. The number of esters is 2. The van der Waals surface area contributed by atoms with Gasteiger partial charge < -0.3 is 24.3 Å². The monoisotopic (exact) mass is 732 g/mol. The normalized spacial score (nSPS) is 34.4. The highest BCUT2D eigenvalue weighted by Crippen LogP contribution is 2.58. The average molecular weight is 733 g/mol. The van der Waals surface area contributed by atoms with E-state index in [1.807, 2.05) is 0 Å². The zero-order valence-electron chi connectivity index (χ0n) is 32.7. The van der Waals surface area contributed by atoms with Gasteiger partial charge >= 0.3 is 11.9 Å². The number of hydrogen-bond acceptors (Lipinski definition) is 7. The number of H-pyrrole nitrogens is 2. The van der Waals surface area contributed by atoms with Crippen LogP contribution in [0.4, 0.5) is 0 Å². The molecule has 6 bridgehead atoms. The summed E-state index contributed by atoms with van der Waals surface area (Å²) in [5.41, 5.74) is 7.38. The van der Waals surface area contributed by atoms with Gasteiger partial charge in [0.2, 0.25) is 0 Å². The van der Waals surface area contributed by atoms with Gasteiger partial charge in [-0.3, -0.25) is 19.3 Å². The topological polar surface area (TPSA) is 108 Å². The fraction of sp³-hybridized carbons (Fsp3) is 0.578. The molecule has 9 heteroatoms. The van der Waals surface area contributed by atoms with Gasteiger partial charge in [-0.25, -0.2) is 0 Å². The molecule has 54 heavy (non-hydrogen) atoms. The molecule has 2 aliphatic carbocycles. The van der Waals surface area contributed by atoms with Crippen LogP contribution in [0.15, 0.2) is 42.5 Å². The van der Waals surface area contributed by atoms with Crippen LogP contribution in [0.25, 0.3) is 21.8 Å². The molecular weight excluding hydrogens is 677 g/mol. The van der Waals surface area contributed by atoms with E-state index in [0.29, 0.717) is 24.7 Å². The van der Waals surface area contributed by atoms with Gasteiger partial charge in [0.15, 0.2) is 0 Å². The fourth-order valence-electron chi connectivity index (χ4n) is 12.9. The molecule has 4 fully saturated rings. The summed E-state index contributed by atoms with van der Waals surface area (Å²) in [5.74, 6) is 0.939.